The number of ether oxygens (including phenoxy) is 3. The molecule has 1 amide bonds. The third-order valence-corrected chi connectivity index (χ3v) is 10.3. The van der Waals surface area contributed by atoms with Crippen molar-refractivity contribution in [3.8, 4) is 0 Å². The van der Waals surface area contributed by atoms with Gasteiger partial charge in [-0.2, -0.15) is 4.72 Å². The highest BCUT2D eigenvalue weighted by Gasteiger charge is 2.34. The molecule has 3 N–H and O–H groups in total. The Morgan fingerprint density at radius 1 is 0.878 bits per heavy atom. The molecule has 0 aromatic heterocycles. The van der Waals surface area contributed by atoms with E-state index in [1.54, 1.807) is 24.3 Å². The molecule has 2 aliphatic rings. The molecule has 0 saturated carbocycles. The summed E-state index contributed by atoms with van der Waals surface area (Å²) < 4.78 is 48.0. The summed E-state index contributed by atoms with van der Waals surface area (Å²) in [5.41, 5.74) is 4.78. The predicted molar refractivity (Wildman–Crippen MR) is 186 cm³/mol. The van der Waals surface area contributed by atoms with Crippen molar-refractivity contribution in [3.63, 3.8) is 0 Å². The van der Waals surface area contributed by atoms with Crippen LogP contribution in [0.5, 0.6) is 0 Å². The van der Waals surface area contributed by atoms with Crippen LogP contribution in [-0.2, 0) is 42.1 Å². The third-order valence-electron chi connectivity index (χ3n) is 8.83. The second-order valence-electron chi connectivity index (χ2n) is 12.6. The molecule has 2 aliphatic heterocycles. The number of aliphatic hydroxyl groups excluding tert-OH is 1. The first kappa shape index (κ1) is 34.9. The van der Waals surface area contributed by atoms with E-state index in [-0.39, 0.29) is 30.1 Å². The highest BCUT2D eigenvalue weighted by Crippen LogP contribution is 2.38. The van der Waals surface area contributed by atoms with E-state index in [1.807, 2.05) is 73.7 Å². The van der Waals surface area contributed by atoms with Gasteiger partial charge in [0, 0.05) is 37.3 Å². The number of rotatable bonds is 12. The van der Waals surface area contributed by atoms with Crippen LogP contribution >= 0.6 is 0 Å². The van der Waals surface area contributed by atoms with E-state index in [0.717, 1.165) is 47.5 Å². The Morgan fingerprint density at radius 3 is 2.33 bits per heavy atom. The van der Waals surface area contributed by atoms with Gasteiger partial charge in [0.1, 0.15) is 6.04 Å². The SMILES string of the molecule is Cc1ccc(S(=O)(=O)N[C@H](Cc2ccccc2)C(=O)Nc2cccc([C@@H]3O[C@H](CN4CCOCC4)C[C@H](c4ccc(CO)cc4)O3)c2)cc1. The molecule has 2 heterocycles. The number of anilines is 1. The van der Waals surface area contributed by atoms with Gasteiger partial charge in [-0.15, -0.1) is 0 Å². The number of morpholine rings is 1. The van der Waals surface area contributed by atoms with Gasteiger partial charge in [-0.05, 0) is 54.3 Å². The highest BCUT2D eigenvalue weighted by molar-refractivity contribution is 7.89. The van der Waals surface area contributed by atoms with E-state index < -0.39 is 28.3 Å². The molecule has 4 aromatic rings. The zero-order valence-corrected chi connectivity index (χ0v) is 28.3. The summed E-state index contributed by atoms with van der Waals surface area (Å²) in [7, 11) is -3.99. The average Bonchev–Trinajstić information content (AvgIpc) is 3.12. The molecule has 2 fully saturated rings. The van der Waals surface area contributed by atoms with Crippen LogP contribution in [0.4, 0.5) is 5.69 Å². The number of amides is 1. The van der Waals surface area contributed by atoms with Crippen molar-refractivity contribution < 1.29 is 32.5 Å². The second kappa shape index (κ2) is 16.2. The van der Waals surface area contributed by atoms with Crippen molar-refractivity contribution in [2.24, 2.45) is 0 Å². The fraction of sp³-hybridized carbons (Fsp3) is 0.342. The van der Waals surface area contributed by atoms with Crippen LogP contribution in [0.2, 0.25) is 0 Å². The van der Waals surface area contributed by atoms with Gasteiger partial charge >= 0.3 is 0 Å². The lowest BCUT2D eigenvalue weighted by molar-refractivity contribution is -0.253. The van der Waals surface area contributed by atoms with Crippen molar-refractivity contribution in [1.29, 1.82) is 0 Å². The molecule has 0 radical (unpaired) electrons. The smallest absolute Gasteiger partial charge is 0.242 e. The number of benzene rings is 4. The summed E-state index contributed by atoms with van der Waals surface area (Å²) in [4.78, 5) is 16.2. The van der Waals surface area contributed by atoms with Gasteiger partial charge in [0.25, 0.3) is 0 Å². The molecule has 0 aliphatic carbocycles. The molecule has 6 rings (SSSR count). The molecule has 0 unspecified atom stereocenters. The zero-order valence-electron chi connectivity index (χ0n) is 27.5. The summed E-state index contributed by atoms with van der Waals surface area (Å²) in [6.45, 7) is 5.62. The first-order valence-corrected chi connectivity index (χ1v) is 18.1. The van der Waals surface area contributed by atoms with Gasteiger partial charge in [-0.3, -0.25) is 9.69 Å². The number of carbonyl (C=O) groups is 1. The lowest BCUT2D eigenvalue weighted by atomic mass is 9.99. The number of carbonyl (C=O) groups excluding carboxylic acids is 1. The molecule has 4 aromatic carbocycles. The lowest BCUT2D eigenvalue weighted by Crippen LogP contribution is -2.45. The van der Waals surface area contributed by atoms with Gasteiger partial charge in [-0.25, -0.2) is 8.42 Å². The van der Waals surface area contributed by atoms with Crippen molar-refractivity contribution >= 4 is 21.6 Å². The Morgan fingerprint density at radius 2 is 1.61 bits per heavy atom. The molecular weight excluding hydrogens is 642 g/mol. The monoisotopic (exact) mass is 685 g/mol. The zero-order chi connectivity index (χ0) is 34.2. The molecule has 4 atom stereocenters. The van der Waals surface area contributed by atoms with Crippen LogP contribution in [0, 0.1) is 6.92 Å². The first-order chi connectivity index (χ1) is 23.8. The number of sulfonamides is 1. The van der Waals surface area contributed by atoms with Crippen molar-refractivity contribution in [1.82, 2.24) is 9.62 Å². The number of aryl methyl sites for hydroxylation is 1. The summed E-state index contributed by atoms with van der Waals surface area (Å²) in [6, 6.07) is 29.8. The van der Waals surface area contributed by atoms with E-state index in [1.165, 1.54) is 12.1 Å². The summed E-state index contributed by atoms with van der Waals surface area (Å²) in [5, 5.41) is 12.5. The number of nitrogens with zero attached hydrogens (tertiary/aromatic N) is 1. The molecule has 49 heavy (non-hydrogen) atoms. The fourth-order valence-electron chi connectivity index (χ4n) is 6.11. The van der Waals surface area contributed by atoms with Gasteiger partial charge in [0.2, 0.25) is 15.9 Å². The van der Waals surface area contributed by atoms with Gasteiger partial charge in [0.05, 0.1) is 36.9 Å². The normalized spacial score (nSPS) is 20.8. The number of hydrogen-bond acceptors (Lipinski definition) is 8. The molecule has 10 nitrogen and oxygen atoms in total. The first-order valence-electron chi connectivity index (χ1n) is 16.6. The predicted octanol–water partition coefficient (Wildman–Crippen LogP) is 4.89. The number of aliphatic hydroxyl groups is 1. The Hall–Kier alpha value is -3.94. The maximum absolute atomic E-state index is 13.8. The Balaban J connectivity index is 1.21. The minimum absolute atomic E-state index is 0.0324. The van der Waals surface area contributed by atoms with E-state index >= 15 is 0 Å². The molecule has 2 saturated heterocycles. The molecular formula is C38H43N3O7S. The van der Waals surface area contributed by atoms with Crippen LogP contribution in [0.3, 0.4) is 0 Å². The standard InChI is InChI=1S/C38H43N3O7S/c1-27-10-16-34(17-11-27)49(44,45)40-35(22-28-6-3-2-4-7-28)37(43)39-32-9-5-8-31(23-32)38-47-33(25-41-18-20-46-21-19-41)24-36(48-38)30-14-12-29(26-42)13-15-30/h2-17,23,33,35-36,38,40,42H,18-22,24-26H2,1H3,(H,39,43)/t33-,35+,36+,38+/m0/s1. The van der Waals surface area contributed by atoms with E-state index in [9.17, 15) is 18.3 Å². The van der Waals surface area contributed by atoms with Crippen LogP contribution in [0.15, 0.2) is 108 Å². The van der Waals surface area contributed by atoms with E-state index in [0.29, 0.717) is 25.3 Å². The number of hydrogen-bond donors (Lipinski definition) is 3. The van der Waals surface area contributed by atoms with Gasteiger partial charge in [-0.1, -0.05) is 84.4 Å². The maximum atomic E-state index is 13.8. The fourth-order valence-corrected chi connectivity index (χ4v) is 7.30. The van der Waals surface area contributed by atoms with E-state index in [2.05, 4.69) is 14.9 Å². The Kier molecular flexibility index (Phi) is 11.5. The van der Waals surface area contributed by atoms with Gasteiger partial charge in [0.15, 0.2) is 6.29 Å². The van der Waals surface area contributed by atoms with Crippen LogP contribution in [0.25, 0.3) is 0 Å². The highest BCUT2D eigenvalue weighted by atomic mass is 32.2. The Bertz CT molecular complexity index is 1780. The maximum Gasteiger partial charge on any atom is 0.242 e. The Labute approximate surface area is 288 Å². The molecule has 0 bridgehead atoms. The summed E-state index contributed by atoms with van der Waals surface area (Å²) >= 11 is 0. The summed E-state index contributed by atoms with van der Waals surface area (Å²) in [5.74, 6) is -0.491. The number of nitrogens with one attached hydrogen (secondary N) is 2. The minimum atomic E-state index is -3.99. The van der Waals surface area contributed by atoms with Gasteiger partial charge < -0.3 is 24.6 Å². The molecule has 0 spiro atoms. The van der Waals surface area contributed by atoms with Crippen molar-refractivity contribution in [2.75, 3.05) is 38.2 Å². The minimum Gasteiger partial charge on any atom is -0.392 e. The average molecular weight is 686 g/mol. The second-order valence-corrected chi connectivity index (χ2v) is 14.3. The lowest BCUT2D eigenvalue weighted by Gasteiger charge is -2.39. The van der Waals surface area contributed by atoms with Crippen LogP contribution in [0.1, 0.15) is 46.6 Å². The molecule has 258 valence electrons. The van der Waals surface area contributed by atoms with Crippen LogP contribution in [-0.4, -0.2) is 69.3 Å². The van der Waals surface area contributed by atoms with Crippen LogP contribution < -0.4 is 10.0 Å². The van der Waals surface area contributed by atoms with Crippen molar-refractivity contribution in [2.45, 2.75) is 55.8 Å². The summed E-state index contributed by atoms with van der Waals surface area (Å²) in [6.07, 6.45) is -0.261. The largest absolute Gasteiger partial charge is 0.392 e. The molecule has 11 heteroatoms. The van der Waals surface area contributed by atoms with Crippen molar-refractivity contribution in [3.05, 3.63) is 131 Å². The van der Waals surface area contributed by atoms with E-state index in [4.69, 9.17) is 14.2 Å². The quantitative estimate of drug-likeness (QED) is 0.193. The topological polar surface area (TPSA) is 126 Å². The third kappa shape index (κ3) is 9.40.